The summed E-state index contributed by atoms with van der Waals surface area (Å²) >= 11 is 12.5. The summed E-state index contributed by atoms with van der Waals surface area (Å²) in [4.78, 5) is 5.16. The topological polar surface area (TPSA) is 15.7 Å². The lowest BCUT2D eigenvalue weighted by Gasteiger charge is -2.51. The quantitative estimate of drug-likeness (QED) is 0.689. The summed E-state index contributed by atoms with van der Waals surface area (Å²) in [5.41, 5.74) is 1.57. The third-order valence-electron chi connectivity index (χ3n) is 6.30. The molecule has 1 aliphatic carbocycles. The van der Waals surface area contributed by atoms with Crippen molar-refractivity contribution < 1.29 is 4.74 Å². The molecule has 1 saturated heterocycles. The molecule has 5 heteroatoms. The second kappa shape index (κ2) is 8.58. The Balaban J connectivity index is 1.70. The van der Waals surface area contributed by atoms with Crippen molar-refractivity contribution in [3.63, 3.8) is 0 Å². The number of benzene rings is 1. The van der Waals surface area contributed by atoms with Crippen LogP contribution in [0.15, 0.2) is 18.2 Å². The molecule has 0 spiro atoms. The molecule has 0 radical (unpaired) electrons. The van der Waals surface area contributed by atoms with Crippen molar-refractivity contribution in [3.8, 4) is 0 Å². The Morgan fingerprint density at radius 1 is 1.20 bits per heavy atom. The van der Waals surface area contributed by atoms with Crippen molar-refractivity contribution in [1.29, 1.82) is 0 Å². The van der Waals surface area contributed by atoms with Crippen molar-refractivity contribution >= 4 is 23.2 Å². The summed E-state index contributed by atoms with van der Waals surface area (Å²) in [6.45, 7) is 11.8. The molecule has 0 bridgehead atoms. The Morgan fingerprint density at radius 3 is 2.48 bits per heavy atom. The van der Waals surface area contributed by atoms with Crippen LogP contribution in [0.3, 0.4) is 0 Å². The second-order valence-electron chi connectivity index (χ2n) is 7.40. The first kappa shape index (κ1) is 19.4. The summed E-state index contributed by atoms with van der Waals surface area (Å²) in [5.74, 6) is 0. The van der Waals surface area contributed by atoms with E-state index in [1.54, 1.807) is 0 Å². The van der Waals surface area contributed by atoms with Crippen LogP contribution in [-0.2, 0) is 10.2 Å². The van der Waals surface area contributed by atoms with Crippen molar-refractivity contribution in [2.24, 2.45) is 0 Å². The highest BCUT2D eigenvalue weighted by atomic mass is 35.5. The molecule has 0 amide bonds. The zero-order chi connectivity index (χ0) is 17.9. The van der Waals surface area contributed by atoms with E-state index in [1.807, 2.05) is 6.07 Å². The molecule has 0 aromatic heterocycles. The Labute approximate surface area is 162 Å². The van der Waals surface area contributed by atoms with Crippen LogP contribution in [0.25, 0.3) is 0 Å². The zero-order valence-electron chi connectivity index (χ0n) is 15.4. The highest BCUT2D eigenvalue weighted by molar-refractivity contribution is 6.42. The number of halogens is 2. The van der Waals surface area contributed by atoms with E-state index in [9.17, 15) is 0 Å². The van der Waals surface area contributed by atoms with Crippen LogP contribution in [0.2, 0.25) is 10.0 Å². The molecule has 3 rings (SSSR count). The smallest absolute Gasteiger partial charge is 0.0595 e. The summed E-state index contributed by atoms with van der Waals surface area (Å²) in [7, 11) is 0. The molecule has 1 aromatic rings. The van der Waals surface area contributed by atoms with E-state index < -0.39 is 0 Å². The second-order valence-corrected chi connectivity index (χ2v) is 8.21. The minimum Gasteiger partial charge on any atom is -0.379 e. The zero-order valence-corrected chi connectivity index (χ0v) is 17.0. The number of rotatable bonds is 7. The normalized spacial score (nSPS) is 22.0. The van der Waals surface area contributed by atoms with Gasteiger partial charge in [-0.3, -0.25) is 9.80 Å². The van der Waals surface area contributed by atoms with Gasteiger partial charge in [-0.1, -0.05) is 42.6 Å². The fourth-order valence-corrected chi connectivity index (χ4v) is 4.68. The molecule has 2 fully saturated rings. The van der Waals surface area contributed by atoms with E-state index in [0.717, 1.165) is 45.9 Å². The van der Waals surface area contributed by atoms with Crippen molar-refractivity contribution in [3.05, 3.63) is 33.8 Å². The summed E-state index contributed by atoms with van der Waals surface area (Å²) in [6, 6.07) is 6.73. The van der Waals surface area contributed by atoms with Gasteiger partial charge in [0, 0.05) is 37.6 Å². The van der Waals surface area contributed by atoms with Gasteiger partial charge in [0.25, 0.3) is 0 Å². The van der Waals surface area contributed by atoms with E-state index >= 15 is 0 Å². The molecule has 1 unspecified atom stereocenters. The minimum atomic E-state index is 0.218. The first-order valence-corrected chi connectivity index (χ1v) is 10.3. The predicted octanol–water partition coefficient (Wildman–Crippen LogP) is 4.46. The van der Waals surface area contributed by atoms with Crippen LogP contribution in [0, 0.1) is 0 Å². The Morgan fingerprint density at radius 2 is 1.92 bits per heavy atom. The minimum absolute atomic E-state index is 0.218. The van der Waals surface area contributed by atoms with Gasteiger partial charge in [-0.05, 0) is 44.0 Å². The van der Waals surface area contributed by atoms with E-state index in [0.29, 0.717) is 16.1 Å². The van der Waals surface area contributed by atoms with Crippen LogP contribution in [0.5, 0.6) is 0 Å². The lowest BCUT2D eigenvalue weighted by Crippen LogP contribution is -2.54. The Bertz CT molecular complexity index is 571. The molecule has 0 N–H and O–H groups in total. The van der Waals surface area contributed by atoms with Gasteiger partial charge in [0.15, 0.2) is 0 Å². The number of likely N-dealkylation sites (N-methyl/N-ethyl adjacent to an activating group) is 1. The molecule has 2 aliphatic rings. The number of nitrogens with zero attached hydrogens (tertiary/aromatic N) is 2. The van der Waals surface area contributed by atoms with Crippen molar-refractivity contribution in [2.45, 2.75) is 44.6 Å². The average molecular weight is 385 g/mol. The molecule has 1 saturated carbocycles. The van der Waals surface area contributed by atoms with E-state index in [4.69, 9.17) is 27.9 Å². The van der Waals surface area contributed by atoms with Crippen LogP contribution in [-0.4, -0.2) is 61.8 Å². The van der Waals surface area contributed by atoms with Gasteiger partial charge in [-0.25, -0.2) is 0 Å². The predicted molar refractivity (Wildman–Crippen MR) is 106 cm³/mol. The van der Waals surface area contributed by atoms with Gasteiger partial charge in [0.05, 0.1) is 23.3 Å². The van der Waals surface area contributed by atoms with E-state index in [1.165, 1.54) is 24.8 Å². The number of ether oxygens (including phenoxy) is 1. The summed E-state index contributed by atoms with van der Waals surface area (Å²) < 4.78 is 5.46. The van der Waals surface area contributed by atoms with Gasteiger partial charge in [-0.15, -0.1) is 0 Å². The van der Waals surface area contributed by atoms with Gasteiger partial charge in [-0.2, -0.15) is 0 Å². The lowest BCUT2D eigenvalue weighted by molar-refractivity contribution is 0.0226. The van der Waals surface area contributed by atoms with Gasteiger partial charge >= 0.3 is 0 Å². The van der Waals surface area contributed by atoms with Gasteiger partial charge in [0.1, 0.15) is 0 Å². The molecular weight excluding hydrogens is 355 g/mol. The molecule has 140 valence electrons. The van der Waals surface area contributed by atoms with E-state index in [-0.39, 0.29) is 5.41 Å². The molecule has 3 nitrogen and oxygen atoms in total. The van der Waals surface area contributed by atoms with Gasteiger partial charge < -0.3 is 4.74 Å². The molecule has 1 heterocycles. The average Bonchev–Trinajstić information content (AvgIpc) is 2.58. The Hall–Kier alpha value is -0.320. The SMILES string of the molecule is CCN(CCN1CCOCC1)C(C)C1(c2ccc(Cl)c(Cl)c2)CCC1. The number of hydrogen-bond acceptors (Lipinski definition) is 3. The van der Waals surface area contributed by atoms with Crippen LogP contribution in [0.1, 0.15) is 38.7 Å². The standard InChI is InChI=1S/C20H30Cl2N2O/c1-3-24(10-9-23-11-13-25-14-12-23)16(2)20(7-4-8-20)17-5-6-18(21)19(22)15-17/h5-6,15-16H,3-4,7-14H2,1-2H3. The largest absolute Gasteiger partial charge is 0.379 e. The van der Waals surface area contributed by atoms with Crippen molar-refractivity contribution in [1.82, 2.24) is 9.80 Å². The lowest BCUT2D eigenvalue weighted by atomic mass is 9.60. The maximum Gasteiger partial charge on any atom is 0.0595 e. The van der Waals surface area contributed by atoms with E-state index in [2.05, 4.69) is 35.8 Å². The van der Waals surface area contributed by atoms with Crippen molar-refractivity contribution in [2.75, 3.05) is 45.9 Å². The fourth-order valence-electron chi connectivity index (χ4n) is 4.38. The first-order chi connectivity index (χ1) is 12.1. The molecule has 1 atom stereocenters. The molecule has 25 heavy (non-hydrogen) atoms. The molecule has 1 aromatic carbocycles. The number of morpholine rings is 1. The summed E-state index contributed by atoms with van der Waals surface area (Å²) in [5, 5.41) is 1.32. The number of hydrogen-bond donors (Lipinski definition) is 0. The third kappa shape index (κ3) is 4.17. The monoisotopic (exact) mass is 384 g/mol. The fraction of sp³-hybridized carbons (Fsp3) is 0.700. The third-order valence-corrected chi connectivity index (χ3v) is 7.04. The molecular formula is C20H30Cl2N2O. The highest BCUT2D eigenvalue weighted by Crippen LogP contribution is 2.49. The molecule has 1 aliphatic heterocycles. The van der Waals surface area contributed by atoms with Crippen LogP contribution in [0.4, 0.5) is 0 Å². The Kier molecular flexibility index (Phi) is 6.67. The first-order valence-electron chi connectivity index (χ1n) is 9.56. The highest BCUT2D eigenvalue weighted by Gasteiger charge is 2.45. The van der Waals surface area contributed by atoms with Gasteiger partial charge in [0.2, 0.25) is 0 Å². The van der Waals surface area contributed by atoms with Crippen LogP contribution < -0.4 is 0 Å². The maximum atomic E-state index is 6.32. The maximum absolute atomic E-state index is 6.32. The van der Waals surface area contributed by atoms with Crippen LogP contribution >= 0.6 is 23.2 Å². The summed E-state index contributed by atoms with van der Waals surface area (Å²) in [6.07, 6.45) is 3.77.